The third-order valence-electron chi connectivity index (χ3n) is 3.68. The van der Waals surface area contributed by atoms with Gasteiger partial charge < -0.3 is 4.90 Å². The Balaban J connectivity index is 1.96. The molecule has 6 heteroatoms. The molecule has 2 heterocycles. The number of benzene rings is 1. The fourth-order valence-corrected chi connectivity index (χ4v) is 2.51. The quantitative estimate of drug-likeness (QED) is 0.740. The smallest absolute Gasteiger partial charge is 0.224 e. The maximum Gasteiger partial charge on any atom is 0.224 e. The Hall–Kier alpha value is -3.02. The molecular formula is C18H17FN4O. The number of hydrogen-bond donors (Lipinski definition) is 0. The van der Waals surface area contributed by atoms with Gasteiger partial charge in [0.05, 0.1) is 42.2 Å². The molecule has 0 spiro atoms. The molecule has 1 aromatic carbocycles. The van der Waals surface area contributed by atoms with Crippen LogP contribution < -0.4 is 4.90 Å². The predicted octanol–water partition coefficient (Wildman–Crippen LogP) is 3.27. The number of hydrogen-bond acceptors (Lipinski definition) is 3. The van der Waals surface area contributed by atoms with E-state index in [0.717, 1.165) is 11.8 Å². The maximum atomic E-state index is 13.4. The second-order valence-electron chi connectivity index (χ2n) is 5.50. The number of aromatic nitrogens is 3. The van der Waals surface area contributed by atoms with Crippen LogP contribution in [0.1, 0.15) is 18.2 Å². The first kappa shape index (κ1) is 15.9. The van der Waals surface area contributed by atoms with Crippen LogP contribution in [0.4, 0.5) is 10.1 Å². The van der Waals surface area contributed by atoms with Crippen LogP contribution in [-0.2, 0) is 11.3 Å². The van der Waals surface area contributed by atoms with E-state index in [1.165, 1.54) is 23.9 Å². The molecule has 3 aromatic rings. The van der Waals surface area contributed by atoms with Gasteiger partial charge >= 0.3 is 0 Å². The molecule has 3 rings (SSSR count). The summed E-state index contributed by atoms with van der Waals surface area (Å²) in [7, 11) is 0. The average molecular weight is 324 g/mol. The van der Waals surface area contributed by atoms with Crippen molar-refractivity contribution in [3.8, 4) is 5.69 Å². The first-order valence-electron chi connectivity index (χ1n) is 7.54. The minimum absolute atomic E-state index is 0.0844. The SMILES string of the molecule is CC(=O)N(Cc1ccccc1)c1cn(-c2cncc(F)c2)nc1C. The lowest BCUT2D eigenvalue weighted by Crippen LogP contribution is -2.28. The summed E-state index contributed by atoms with van der Waals surface area (Å²) in [5, 5.41) is 4.38. The molecule has 0 atom stereocenters. The summed E-state index contributed by atoms with van der Waals surface area (Å²) < 4.78 is 14.9. The lowest BCUT2D eigenvalue weighted by molar-refractivity contribution is -0.116. The molecule has 0 bridgehead atoms. The van der Waals surface area contributed by atoms with E-state index < -0.39 is 5.82 Å². The number of pyridine rings is 1. The Morgan fingerprint density at radius 3 is 2.67 bits per heavy atom. The number of carbonyl (C=O) groups is 1. The van der Waals surface area contributed by atoms with E-state index in [9.17, 15) is 9.18 Å². The van der Waals surface area contributed by atoms with Gasteiger partial charge in [0.25, 0.3) is 0 Å². The molecular weight excluding hydrogens is 307 g/mol. The molecule has 24 heavy (non-hydrogen) atoms. The van der Waals surface area contributed by atoms with Crippen molar-refractivity contribution in [2.45, 2.75) is 20.4 Å². The van der Waals surface area contributed by atoms with Gasteiger partial charge in [-0.1, -0.05) is 30.3 Å². The first-order valence-corrected chi connectivity index (χ1v) is 7.54. The standard InChI is InChI=1S/C18H17FN4O/c1-13-18(12-23(21-13)17-8-16(19)9-20-10-17)22(14(2)24)11-15-6-4-3-5-7-15/h3-10,12H,11H2,1-2H3. The average Bonchev–Trinajstić information content (AvgIpc) is 2.95. The zero-order valence-corrected chi connectivity index (χ0v) is 13.5. The predicted molar refractivity (Wildman–Crippen MR) is 89.4 cm³/mol. The molecule has 1 amide bonds. The van der Waals surface area contributed by atoms with Gasteiger partial charge in [0.15, 0.2) is 0 Å². The fourth-order valence-electron chi connectivity index (χ4n) is 2.51. The van der Waals surface area contributed by atoms with Crippen molar-refractivity contribution in [3.63, 3.8) is 0 Å². The molecule has 2 aromatic heterocycles. The molecule has 0 aliphatic heterocycles. The molecule has 0 N–H and O–H groups in total. The molecule has 0 fully saturated rings. The Morgan fingerprint density at radius 2 is 2.00 bits per heavy atom. The molecule has 0 saturated carbocycles. The van der Waals surface area contributed by atoms with E-state index in [0.29, 0.717) is 23.6 Å². The summed E-state index contributed by atoms with van der Waals surface area (Å²) in [4.78, 5) is 17.6. The number of amides is 1. The van der Waals surface area contributed by atoms with E-state index in [2.05, 4.69) is 10.1 Å². The molecule has 0 saturated heterocycles. The largest absolute Gasteiger partial charge is 0.305 e. The summed E-state index contributed by atoms with van der Waals surface area (Å²) in [6.45, 7) is 3.78. The third-order valence-corrected chi connectivity index (χ3v) is 3.68. The van der Waals surface area contributed by atoms with Crippen molar-refractivity contribution in [1.82, 2.24) is 14.8 Å². The summed E-state index contributed by atoms with van der Waals surface area (Å²) in [6, 6.07) is 11.1. The number of carbonyl (C=O) groups excluding carboxylic acids is 1. The van der Waals surface area contributed by atoms with Crippen LogP contribution in [-0.4, -0.2) is 20.7 Å². The Morgan fingerprint density at radius 1 is 1.25 bits per heavy atom. The molecule has 0 aliphatic rings. The monoisotopic (exact) mass is 324 g/mol. The Kier molecular flexibility index (Phi) is 4.37. The van der Waals surface area contributed by atoms with Gasteiger partial charge in [-0.2, -0.15) is 5.10 Å². The highest BCUT2D eigenvalue weighted by Crippen LogP contribution is 2.23. The fraction of sp³-hybridized carbons (Fsp3) is 0.167. The molecule has 5 nitrogen and oxygen atoms in total. The second-order valence-corrected chi connectivity index (χ2v) is 5.50. The topological polar surface area (TPSA) is 51.0 Å². The summed E-state index contributed by atoms with van der Waals surface area (Å²) in [5.41, 5.74) is 2.90. The van der Waals surface area contributed by atoms with Gasteiger partial charge in [-0.05, 0) is 12.5 Å². The van der Waals surface area contributed by atoms with Crippen LogP contribution >= 0.6 is 0 Å². The number of rotatable bonds is 4. The number of halogens is 1. The molecule has 0 aliphatic carbocycles. The first-order chi connectivity index (χ1) is 11.5. The van der Waals surface area contributed by atoms with Crippen LogP contribution in [0.3, 0.4) is 0 Å². The van der Waals surface area contributed by atoms with E-state index >= 15 is 0 Å². The highest BCUT2D eigenvalue weighted by molar-refractivity contribution is 5.91. The minimum atomic E-state index is -0.435. The molecule has 0 radical (unpaired) electrons. The van der Waals surface area contributed by atoms with Crippen molar-refractivity contribution >= 4 is 11.6 Å². The molecule has 122 valence electrons. The van der Waals surface area contributed by atoms with Crippen molar-refractivity contribution in [3.05, 3.63) is 72.1 Å². The lowest BCUT2D eigenvalue weighted by Gasteiger charge is -2.20. The van der Waals surface area contributed by atoms with Gasteiger partial charge in [-0.3, -0.25) is 9.78 Å². The van der Waals surface area contributed by atoms with E-state index in [-0.39, 0.29) is 5.91 Å². The van der Waals surface area contributed by atoms with Crippen molar-refractivity contribution in [1.29, 1.82) is 0 Å². The zero-order valence-electron chi connectivity index (χ0n) is 13.5. The van der Waals surface area contributed by atoms with Gasteiger partial charge in [0.1, 0.15) is 5.82 Å². The zero-order chi connectivity index (χ0) is 17.1. The van der Waals surface area contributed by atoms with Crippen molar-refractivity contribution in [2.24, 2.45) is 0 Å². The lowest BCUT2D eigenvalue weighted by atomic mass is 10.2. The van der Waals surface area contributed by atoms with Crippen LogP contribution in [0, 0.1) is 12.7 Å². The normalized spacial score (nSPS) is 10.6. The van der Waals surface area contributed by atoms with Gasteiger partial charge in [0, 0.05) is 13.0 Å². The number of anilines is 1. The summed E-state index contributed by atoms with van der Waals surface area (Å²) in [6.07, 6.45) is 4.38. The van der Waals surface area contributed by atoms with E-state index in [1.807, 2.05) is 37.3 Å². The van der Waals surface area contributed by atoms with Crippen LogP contribution in [0.15, 0.2) is 55.0 Å². The van der Waals surface area contributed by atoms with Gasteiger partial charge in [-0.25, -0.2) is 9.07 Å². The second kappa shape index (κ2) is 6.62. The van der Waals surface area contributed by atoms with Crippen molar-refractivity contribution < 1.29 is 9.18 Å². The highest BCUT2D eigenvalue weighted by Gasteiger charge is 2.18. The van der Waals surface area contributed by atoms with E-state index in [4.69, 9.17) is 0 Å². The van der Waals surface area contributed by atoms with E-state index in [1.54, 1.807) is 11.1 Å². The van der Waals surface area contributed by atoms with Crippen LogP contribution in [0.25, 0.3) is 5.69 Å². The summed E-state index contributed by atoms with van der Waals surface area (Å²) in [5.74, 6) is -0.520. The number of aryl methyl sites for hydroxylation is 1. The third kappa shape index (κ3) is 3.32. The minimum Gasteiger partial charge on any atom is -0.305 e. The van der Waals surface area contributed by atoms with Gasteiger partial charge in [-0.15, -0.1) is 0 Å². The number of nitrogens with zero attached hydrogens (tertiary/aromatic N) is 4. The van der Waals surface area contributed by atoms with Crippen LogP contribution in [0.5, 0.6) is 0 Å². The van der Waals surface area contributed by atoms with Crippen molar-refractivity contribution in [2.75, 3.05) is 4.90 Å². The Bertz CT molecular complexity index is 860. The van der Waals surface area contributed by atoms with Crippen LogP contribution in [0.2, 0.25) is 0 Å². The Labute approximate surface area is 139 Å². The summed E-state index contributed by atoms with van der Waals surface area (Å²) >= 11 is 0. The maximum absolute atomic E-state index is 13.4. The highest BCUT2D eigenvalue weighted by atomic mass is 19.1. The molecule has 0 unspecified atom stereocenters. The van der Waals surface area contributed by atoms with Gasteiger partial charge in [0.2, 0.25) is 5.91 Å².